The molecule has 0 aliphatic carbocycles. The van der Waals surface area contributed by atoms with E-state index in [-0.39, 0.29) is 5.91 Å². The molecule has 2 atom stereocenters. The van der Waals surface area contributed by atoms with Gasteiger partial charge in [0.2, 0.25) is 5.91 Å². The highest BCUT2D eigenvalue weighted by molar-refractivity contribution is 5.90. The monoisotopic (exact) mass is 297 g/mol. The first-order valence-electron chi connectivity index (χ1n) is 7.29. The molecule has 0 aromatic carbocycles. The molecule has 0 bridgehead atoms. The fraction of sp³-hybridized carbons (Fsp3) is 0.786. The lowest BCUT2D eigenvalue weighted by molar-refractivity contribution is -0.148. The maximum absolute atomic E-state index is 12.4. The van der Waals surface area contributed by atoms with E-state index in [4.69, 9.17) is 0 Å². The van der Waals surface area contributed by atoms with Crippen molar-refractivity contribution in [1.29, 1.82) is 0 Å². The number of nitrogens with one attached hydrogen (secondary N) is 1. The van der Waals surface area contributed by atoms with Gasteiger partial charge in [-0.15, -0.1) is 0 Å². The molecule has 0 aromatic rings. The summed E-state index contributed by atoms with van der Waals surface area (Å²) in [4.78, 5) is 38.7. The first-order chi connectivity index (χ1) is 9.74. The zero-order valence-electron chi connectivity index (χ0n) is 12.8. The Bertz CT molecular complexity index is 463. The Morgan fingerprint density at radius 3 is 2.52 bits per heavy atom. The van der Waals surface area contributed by atoms with Crippen molar-refractivity contribution in [2.75, 3.05) is 20.1 Å². The number of carbonyl (C=O) groups is 3. The van der Waals surface area contributed by atoms with E-state index >= 15 is 0 Å². The van der Waals surface area contributed by atoms with E-state index in [1.165, 1.54) is 4.90 Å². The molecule has 21 heavy (non-hydrogen) atoms. The van der Waals surface area contributed by atoms with Gasteiger partial charge in [0.15, 0.2) is 0 Å². The molecule has 0 aromatic heterocycles. The van der Waals surface area contributed by atoms with Crippen LogP contribution in [-0.2, 0) is 9.59 Å². The highest BCUT2D eigenvalue weighted by atomic mass is 16.4. The Balaban J connectivity index is 2.10. The van der Waals surface area contributed by atoms with Gasteiger partial charge in [0.25, 0.3) is 0 Å². The van der Waals surface area contributed by atoms with Gasteiger partial charge in [-0.1, -0.05) is 13.8 Å². The molecule has 2 rings (SSSR count). The van der Waals surface area contributed by atoms with Gasteiger partial charge in [0.1, 0.15) is 12.1 Å². The number of carbonyl (C=O) groups excluding carboxylic acids is 2. The summed E-state index contributed by atoms with van der Waals surface area (Å²) in [7, 11) is 1.69. The van der Waals surface area contributed by atoms with Crippen molar-refractivity contribution in [3.05, 3.63) is 0 Å². The molecule has 2 aliphatic heterocycles. The number of rotatable bonds is 2. The summed E-state index contributed by atoms with van der Waals surface area (Å²) in [5.74, 6) is -1.11. The number of amides is 3. The van der Waals surface area contributed by atoms with E-state index in [1.807, 2.05) is 13.8 Å². The van der Waals surface area contributed by atoms with Gasteiger partial charge < -0.3 is 20.2 Å². The van der Waals surface area contributed by atoms with Gasteiger partial charge in [0, 0.05) is 20.1 Å². The summed E-state index contributed by atoms with van der Waals surface area (Å²) < 4.78 is 0. The number of urea groups is 1. The fourth-order valence-corrected chi connectivity index (χ4v) is 3.27. The Kier molecular flexibility index (Phi) is 4.11. The Hall–Kier alpha value is -1.79. The molecule has 2 fully saturated rings. The Morgan fingerprint density at radius 1 is 1.33 bits per heavy atom. The highest BCUT2D eigenvalue weighted by Crippen LogP contribution is 2.35. The van der Waals surface area contributed by atoms with Gasteiger partial charge in [0.05, 0.1) is 0 Å². The maximum Gasteiger partial charge on any atom is 0.327 e. The number of likely N-dealkylation sites (tertiary alicyclic amines) is 2. The number of carboxylic acids is 1. The molecule has 2 heterocycles. The van der Waals surface area contributed by atoms with Crippen molar-refractivity contribution in [2.24, 2.45) is 5.41 Å². The lowest BCUT2D eigenvalue weighted by atomic mass is 9.76. The quantitative estimate of drug-likeness (QED) is 0.776. The molecule has 0 saturated carbocycles. The molecule has 7 nitrogen and oxygen atoms in total. The standard InChI is InChI=1S/C14H23N3O4/c1-14(2)6-4-7-17(10(14)12(19)20)13(21)15-9-5-8-16(3)11(9)18/h9-10H,4-8H2,1-3H3,(H,15,21)(H,19,20). The van der Waals surface area contributed by atoms with Crippen LogP contribution in [0.25, 0.3) is 0 Å². The second-order valence-corrected chi connectivity index (χ2v) is 6.58. The zero-order chi connectivity index (χ0) is 15.8. The van der Waals surface area contributed by atoms with E-state index in [0.29, 0.717) is 19.5 Å². The van der Waals surface area contributed by atoms with Crippen LogP contribution in [0.15, 0.2) is 0 Å². The van der Waals surface area contributed by atoms with E-state index in [9.17, 15) is 19.5 Å². The lowest BCUT2D eigenvalue weighted by Crippen LogP contribution is -2.60. The van der Waals surface area contributed by atoms with Gasteiger partial charge in [-0.2, -0.15) is 0 Å². The third-order valence-corrected chi connectivity index (χ3v) is 4.49. The van der Waals surface area contributed by atoms with Gasteiger partial charge in [-0.25, -0.2) is 9.59 Å². The third kappa shape index (κ3) is 2.96. The first kappa shape index (κ1) is 15.6. The summed E-state index contributed by atoms with van der Waals surface area (Å²) in [6, 6.07) is -1.86. The minimum absolute atomic E-state index is 0.119. The van der Waals surface area contributed by atoms with Crippen LogP contribution in [0, 0.1) is 5.41 Å². The Morgan fingerprint density at radius 2 is 2.00 bits per heavy atom. The van der Waals surface area contributed by atoms with Crippen LogP contribution in [-0.4, -0.2) is 65.0 Å². The summed E-state index contributed by atoms with van der Waals surface area (Å²) in [6.45, 7) is 4.74. The minimum atomic E-state index is -0.996. The second kappa shape index (κ2) is 5.54. The van der Waals surface area contributed by atoms with Gasteiger partial charge in [-0.3, -0.25) is 4.79 Å². The summed E-state index contributed by atoms with van der Waals surface area (Å²) in [5.41, 5.74) is -0.474. The summed E-state index contributed by atoms with van der Waals surface area (Å²) in [5, 5.41) is 12.1. The third-order valence-electron chi connectivity index (χ3n) is 4.49. The van der Waals surface area contributed by atoms with Crippen LogP contribution >= 0.6 is 0 Å². The molecule has 2 unspecified atom stereocenters. The smallest absolute Gasteiger partial charge is 0.327 e. The molecular weight excluding hydrogens is 274 g/mol. The van der Waals surface area contributed by atoms with Crippen molar-refractivity contribution in [2.45, 2.75) is 45.2 Å². The Labute approximate surface area is 124 Å². The zero-order valence-corrected chi connectivity index (χ0v) is 12.8. The van der Waals surface area contributed by atoms with Gasteiger partial charge >= 0.3 is 12.0 Å². The number of nitrogens with zero attached hydrogens (tertiary/aromatic N) is 2. The minimum Gasteiger partial charge on any atom is -0.480 e. The maximum atomic E-state index is 12.4. The van der Waals surface area contributed by atoms with E-state index in [1.54, 1.807) is 11.9 Å². The molecule has 2 N–H and O–H groups in total. The molecule has 7 heteroatoms. The van der Waals surface area contributed by atoms with Crippen LogP contribution in [0.4, 0.5) is 4.79 Å². The molecule has 2 aliphatic rings. The fourth-order valence-electron chi connectivity index (χ4n) is 3.27. The van der Waals surface area contributed by atoms with Crippen LogP contribution in [0.2, 0.25) is 0 Å². The topological polar surface area (TPSA) is 90.0 Å². The molecular formula is C14H23N3O4. The van der Waals surface area contributed by atoms with Crippen molar-refractivity contribution in [1.82, 2.24) is 15.1 Å². The number of hydrogen-bond acceptors (Lipinski definition) is 3. The van der Waals surface area contributed by atoms with E-state index in [0.717, 1.165) is 12.8 Å². The molecule has 118 valence electrons. The number of hydrogen-bond donors (Lipinski definition) is 2. The number of likely N-dealkylation sites (N-methyl/N-ethyl adjacent to an activating group) is 1. The summed E-state index contributed by atoms with van der Waals surface area (Å²) in [6.07, 6.45) is 2.09. The van der Waals surface area contributed by atoms with Crippen molar-refractivity contribution in [3.63, 3.8) is 0 Å². The van der Waals surface area contributed by atoms with Crippen molar-refractivity contribution >= 4 is 17.9 Å². The van der Waals surface area contributed by atoms with Crippen LogP contribution in [0.5, 0.6) is 0 Å². The molecule has 3 amide bonds. The number of aliphatic carboxylic acids is 1. The van der Waals surface area contributed by atoms with E-state index < -0.39 is 29.5 Å². The largest absolute Gasteiger partial charge is 0.480 e. The predicted molar refractivity (Wildman–Crippen MR) is 75.7 cm³/mol. The average molecular weight is 297 g/mol. The van der Waals surface area contributed by atoms with Crippen LogP contribution in [0.3, 0.4) is 0 Å². The predicted octanol–water partition coefficient (Wildman–Crippen LogP) is 0.502. The molecule has 0 spiro atoms. The normalized spacial score (nSPS) is 28.6. The molecule has 0 radical (unpaired) electrons. The van der Waals surface area contributed by atoms with Gasteiger partial charge in [-0.05, 0) is 24.7 Å². The van der Waals surface area contributed by atoms with Crippen molar-refractivity contribution < 1.29 is 19.5 Å². The first-order valence-corrected chi connectivity index (χ1v) is 7.29. The highest BCUT2D eigenvalue weighted by Gasteiger charge is 2.45. The van der Waals surface area contributed by atoms with Crippen LogP contribution < -0.4 is 5.32 Å². The second-order valence-electron chi connectivity index (χ2n) is 6.58. The SMILES string of the molecule is CN1CCC(NC(=O)N2CCCC(C)(C)C2C(=O)O)C1=O. The summed E-state index contributed by atoms with van der Waals surface area (Å²) >= 11 is 0. The van der Waals surface area contributed by atoms with Crippen LogP contribution in [0.1, 0.15) is 33.1 Å². The number of carboxylic acid groups (broad SMARTS) is 1. The number of piperidine rings is 1. The van der Waals surface area contributed by atoms with E-state index in [2.05, 4.69) is 5.32 Å². The molecule has 2 saturated heterocycles. The average Bonchev–Trinajstić information content (AvgIpc) is 2.68. The lowest BCUT2D eigenvalue weighted by Gasteiger charge is -2.44. The van der Waals surface area contributed by atoms with Crippen molar-refractivity contribution in [3.8, 4) is 0 Å².